The predicted molar refractivity (Wildman–Crippen MR) is 101 cm³/mol. The Labute approximate surface area is 162 Å². The van der Waals surface area contributed by atoms with E-state index in [-0.39, 0.29) is 12.5 Å². The minimum atomic E-state index is -0.374. The average Bonchev–Trinajstić information content (AvgIpc) is 3.11. The Kier molecular flexibility index (Phi) is 6.80. The van der Waals surface area contributed by atoms with Gasteiger partial charge in [-0.2, -0.15) is 15.6 Å². The molecule has 8 nitrogen and oxygen atoms in total. The van der Waals surface area contributed by atoms with Gasteiger partial charge in [0.05, 0.1) is 24.4 Å². The standard InChI is InChI=1S/C18H20N6O2S/c1-5-13-14(6-19)17(23(2)3)22-18(15(13)7-20)27-11-12-8-21-24(9-12)10-16(25)26-4/h8-9H,5,10-11H2,1-4H3. The van der Waals surface area contributed by atoms with E-state index in [0.717, 1.165) is 5.56 Å². The Morgan fingerprint density at radius 2 is 2.04 bits per heavy atom. The molecule has 0 aromatic carbocycles. The summed E-state index contributed by atoms with van der Waals surface area (Å²) in [5.41, 5.74) is 2.48. The number of hydrogen-bond acceptors (Lipinski definition) is 8. The molecule has 0 saturated heterocycles. The summed E-state index contributed by atoms with van der Waals surface area (Å²) in [5, 5.41) is 23.8. The van der Waals surface area contributed by atoms with E-state index in [1.165, 1.54) is 23.6 Å². The summed E-state index contributed by atoms with van der Waals surface area (Å²) in [5.74, 6) is 0.711. The van der Waals surface area contributed by atoms with Gasteiger partial charge in [-0.25, -0.2) is 4.98 Å². The van der Waals surface area contributed by atoms with Crippen LogP contribution in [0.15, 0.2) is 17.4 Å². The number of methoxy groups -OCH3 is 1. The number of anilines is 1. The number of esters is 1. The van der Waals surface area contributed by atoms with Crippen molar-refractivity contribution in [1.82, 2.24) is 14.8 Å². The van der Waals surface area contributed by atoms with E-state index in [1.54, 1.807) is 17.3 Å². The maximum absolute atomic E-state index is 11.3. The lowest BCUT2D eigenvalue weighted by Crippen LogP contribution is -2.15. The third-order valence-electron chi connectivity index (χ3n) is 3.83. The highest BCUT2D eigenvalue weighted by molar-refractivity contribution is 7.98. The zero-order valence-corrected chi connectivity index (χ0v) is 16.5. The van der Waals surface area contributed by atoms with E-state index >= 15 is 0 Å². The first-order valence-electron chi connectivity index (χ1n) is 8.20. The van der Waals surface area contributed by atoms with E-state index in [1.807, 2.05) is 21.0 Å². The first-order valence-corrected chi connectivity index (χ1v) is 9.19. The largest absolute Gasteiger partial charge is 0.468 e. The molecule has 0 unspecified atom stereocenters. The van der Waals surface area contributed by atoms with Crippen molar-refractivity contribution in [3.63, 3.8) is 0 Å². The minimum absolute atomic E-state index is 0.0461. The van der Waals surface area contributed by atoms with Gasteiger partial charge in [-0.05, 0) is 12.0 Å². The molecule has 0 aliphatic heterocycles. The molecule has 27 heavy (non-hydrogen) atoms. The molecule has 2 heterocycles. The van der Waals surface area contributed by atoms with Crippen molar-refractivity contribution in [1.29, 1.82) is 10.5 Å². The lowest BCUT2D eigenvalue weighted by atomic mass is 10.0. The fourth-order valence-corrected chi connectivity index (χ4v) is 3.44. The number of pyridine rings is 1. The van der Waals surface area contributed by atoms with Gasteiger partial charge in [-0.3, -0.25) is 9.48 Å². The summed E-state index contributed by atoms with van der Waals surface area (Å²) in [4.78, 5) is 17.6. The molecule has 0 saturated carbocycles. The third kappa shape index (κ3) is 4.57. The SMILES string of the molecule is CCc1c(C#N)c(SCc2cnn(CC(=O)OC)c2)nc(N(C)C)c1C#N. The topological polar surface area (TPSA) is 108 Å². The Balaban J connectivity index is 2.31. The van der Waals surface area contributed by atoms with Crippen LogP contribution in [0.3, 0.4) is 0 Å². The van der Waals surface area contributed by atoms with Crippen LogP contribution in [0.1, 0.15) is 29.2 Å². The number of ether oxygens (including phenoxy) is 1. The fourth-order valence-electron chi connectivity index (χ4n) is 2.53. The molecule has 2 aromatic rings. The van der Waals surface area contributed by atoms with Gasteiger partial charge in [0.1, 0.15) is 29.5 Å². The predicted octanol–water partition coefficient (Wildman–Crippen LogP) is 2.12. The zero-order valence-electron chi connectivity index (χ0n) is 15.7. The lowest BCUT2D eigenvalue weighted by molar-refractivity contribution is -0.141. The number of thioether (sulfide) groups is 1. The molecule has 0 spiro atoms. The highest BCUT2D eigenvalue weighted by atomic mass is 32.2. The lowest BCUT2D eigenvalue weighted by Gasteiger charge is -2.18. The Bertz CT molecular complexity index is 923. The van der Waals surface area contributed by atoms with Crippen molar-refractivity contribution < 1.29 is 9.53 Å². The molecule has 9 heteroatoms. The molecule has 0 aliphatic rings. The van der Waals surface area contributed by atoms with Crippen LogP contribution in [-0.4, -0.2) is 41.9 Å². The molecule has 2 aromatic heterocycles. The first kappa shape index (κ1) is 20.3. The van der Waals surface area contributed by atoms with Gasteiger partial charge in [0.15, 0.2) is 0 Å². The highest BCUT2D eigenvalue weighted by Crippen LogP contribution is 2.32. The van der Waals surface area contributed by atoms with Gasteiger partial charge < -0.3 is 9.64 Å². The second-order valence-electron chi connectivity index (χ2n) is 5.85. The minimum Gasteiger partial charge on any atom is -0.468 e. The van der Waals surface area contributed by atoms with Crippen LogP contribution in [0.25, 0.3) is 0 Å². The van der Waals surface area contributed by atoms with E-state index < -0.39 is 0 Å². The molecular weight excluding hydrogens is 364 g/mol. The van der Waals surface area contributed by atoms with Crippen molar-refractivity contribution in [3.8, 4) is 12.1 Å². The van der Waals surface area contributed by atoms with Crippen LogP contribution < -0.4 is 4.90 Å². The van der Waals surface area contributed by atoms with Gasteiger partial charge in [-0.15, -0.1) is 11.8 Å². The molecule has 0 atom stereocenters. The van der Waals surface area contributed by atoms with Crippen LogP contribution in [0.4, 0.5) is 5.82 Å². The summed E-state index contributed by atoms with van der Waals surface area (Å²) in [7, 11) is 4.97. The average molecular weight is 384 g/mol. The van der Waals surface area contributed by atoms with Gasteiger partial charge >= 0.3 is 5.97 Å². The Morgan fingerprint density at radius 1 is 1.33 bits per heavy atom. The summed E-state index contributed by atoms with van der Waals surface area (Å²) < 4.78 is 6.13. The van der Waals surface area contributed by atoms with Crippen LogP contribution in [0, 0.1) is 22.7 Å². The maximum atomic E-state index is 11.3. The van der Waals surface area contributed by atoms with E-state index in [4.69, 9.17) is 0 Å². The number of nitriles is 2. The number of rotatable bonds is 7. The molecule has 0 radical (unpaired) electrons. The number of carbonyl (C=O) groups is 1. The zero-order chi connectivity index (χ0) is 20.0. The molecule has 0 amide bonds. The maximum Gasteiger partial charge on any atom is 0.327 e. The second-order valence-corrected chi connectivity index (χ2v) is 6.82. The summed E-state index contributed by atoms with van der Waals surface area (Å²) >= 11 is 1.40. The van der Waals surface area contributed by atoms with Crippen molar-refractivity contribution in [2.24, 2.45) is 0 Å². The van der Waals surface area contributed by atoms with Gasteiger partial charge in [-0.1, -0.05) is 6.92 Å². The number of hydrogen-bond donors (Lipinski definition) is 0. The van der Waals surface area contributed by atoms with Crippen LogP contribution in [0.5, 0.6) is 0 Å². The molecule has 0 fully saturated rings. The number of aromatic nitrogens is 3. The van der Waals surface area contributed by atoms with Gasteiger partial charge in [0.2, 0.25) is 0 Å². The monoisotopic (exact) mass is 384 g/mol. The van der Waals surface area contributed by atoms with Crippen molar-refractivity contribution >= 4 is 23.5 Å². The van der Waals surface area contributed by atoms with Gasteiger partial charge in [0.25, 0.3) is 0 Å². The number of nitrogens with zero attached hydrogens (tertiary/aromatic N) is 6. The van der Waals surface area contributed by atoms with E-state index in [0.29, 0.717) is 39.7 Å². The number of carbonyl (C=O) groups excluding carboxylic acids is 1. The van der Waals surface area contributed by atoms with E-state index in [2.05, 4.69) is 27.0 Å². The van der Waals surface area contributed by atoms with E-state index in [9.17, 15) is 15.3 Å². The van der Waals surface area contributed by atoms with Crippen molar-refractivity contribution in [2.75, 3.05) is 26.1 Å². The Hall–Kier alpha value is -3.04. The van der Waals surface area contributed by atoms with Gasteiger partial charge in [0, 0.05) is 31.6 Å². The molecule has 140 valence electrons. The first-order chi connectivity index (χ1) is 12.9. The molecule has 0 N–H and O–H groups in total. The Morgan fingerprint density at radius 3 is 2.59 bits per heavy atom. The van der Waals surface area contributed by atoms with Crippen LogP contribution in [-0.2, 0) is 28.2 Å². The normalized spacial score (nSPS) is 10.1. The highest BCUT2D eigenvalue weighted by Gasteiger charge is 2.20. The molecular formula is C18H20N6O2S. The quantitative estimate of drug-likeness (QED) is 0.527. The summed E-state index contributed by atoms with van der Waals surface area (Å²) in [6.45, 7) is 1.96. The third-order valence-corrected chi connectivity index (χ3v) is 4.88. The molecule has 0 aliphatic carbocycles. The fraction of sp³-hybridized carbons (Fsp3) is 0.389. The summed E-state index contributed by atoms with van der Waals surface area (Å²) in [6, 6.07) is 4.37. The molecule has 0 bridgehead atoms. The van der Waals surface area contributed by atoms with Crippen LogP contribution in [0.2, 0.25) is 0 Å². The summed E-state index contributed by atoms with van der Waals surface area (Å²) in [6.07, 6.45) is 3.99. The smallest absolute Gasteiger partial charge is 0.327 e. The van der Waals surface area contributed by atoms with Crippen molar-refractivity contribution in [2.45, 2.75) is 30.7 Å². The van der Waals surface area contributed by atoms with Crippen molar-refractivity contribution in [3.05, 3.63) is 34.6 Å². The second kappa shape index (κ2) is 9.06. The van der Waals surface area contributed by atoms with Crippen LogP contribution >= 0.6 is 11.8 Å². The molecule has 2 rings (SSSR count).